The molecule has 0 saturated heterocycles. The van der Waals surface area contributed by atoms with E-state index in [2.05, 4.69) is 52.0 Å². The number of hydrogen-bond acceptors (Lipinski definition) is 4. The largest absolute Gasteiger partial charge is 0.472 e. The van der Waals surface area contributed by atoms with Crippen molar-refractivity contribution in [2.75, 3.05) is 0 Å². The summed E-state index contributed by atoms with van der Waals surface area (Å²) in [6, 6.07) is 3.94. The molecule has 4 nitrogen and oxygen atoms in total. The Morgan fingerprint density at radius 1 is 0.875 bits per heavy atom. The first-order chi connectivity index (χ1) is 19.4. The Kier molecular flexibility index (Phi) is 17.6. The van der Waals surface area contributed by atoms with Gasteiger partial charge in [-0.1, -0.05) is 101 Å². The van der Waals surface area contributed by atoms with Gasteiger partial charge in [-0.25, -0.2) is 0 Å². The molecule has 0 aliphatic carbocycles. The first kappa shape index (κ1) is 33.5. The highest BCUT2D eigenvalue weighted by atomic mass is 16.5. The molecule has 2 aromatic heterocycles. The molecule has 0 fully saturated rings. The maximum atomic E-state index is 12.7. The summed E-state index contributed by atoms with van der Waals surface area (Å²) in [6.07, 6.45) is 31.8. The highest BCUT2D eigenvalue weighted by Crippen LogP contribution is 2.18. The minimum Gasteiger partial charge on any atom is -0.472 e. The third kappa shape index (κ3) is 17.0. The molecule has 1 atom stereocenters. The zero-order valence-corrected chi connectivity index (χ0v) is 25.7. The predicted octanol–water partition coefficient (Wildman–Crippen LogP) is 11.1. The molecule has 0 N–H and O–H groups in total. The number of aryl methyl sites for hydroxylation is 1. The molecule has 0 amide bonds. The highest BCUT2D eigenvalue weighted by molar-refractivity contribution is 5.69. The van der Waals surface area contributed by atoms with E-state index < -0.39 is 0 Å². The van der Waals surface area contributed by atoms with Crippen molar-refractivity contribution >= 4 is 12.0 Å². The zero-order chi connectivity index (χ0) is 28.8. The second kappa shape index (κ2) is 21.1. The van der Waals surface area contributed by atoms with Gasteiger partial charge in [0.05, 0.1) is 25.1 Å². The van der Waals surface area contributed by atoms with Crippen LogP contribution < -0.4 is 0 Å². The lowest BCUT2D eigenvalue weighted by Crippen LogP contribution is -2.17. The fourth-order valence-electron chi connectivity index (χ4n) is 4.88. The first-order valence-corrected chi connectivity index (χ1v) is 15.6. The van der Waals surface area contributed by atoms with Crippen LogP contribution in [-0.4, -0.2) is 12.1 Å². The van der Waals surface area contributed by atoms with Crippen molar-refractivity contribution in [1.29, 1.82) is 0 Å². The third-order valence-electron chi connectivity index (χ3n) is 7.24. The first-order valence-electron chi connectivity index (χ1n) is 15.6. The van der Waals surface area contributed by atoms with Crippen molar-refractivity contribution in [3.8, 4) is 0 Å². The number of allylic oxidation sites excluding steroid dienone is 3. The maximum absolute atomic E-state index is 12.7. The summed E-state index contributed by atoms with van der Waals surface area (Å²) in [5.41, 5.74) is 4.68. The van der Waals surface area contributed by atoms with Crippen LogP contribution in [0.3, 0.4) is 0 Å². The number of carbonyl (C=O) groups excluding carboxylic acids is 1. The minimum absolute atomic E-state index is 0.0839. The third-order valence-corrected chi connectivity index (χ3v) is 7.24. The van der Waals surface area contributed by atoms with Crippen molar-refractivity contribution in [3.05, 3.63) is 77.7 Å². The normalized spacial score (nSPS) is 13.4. The number of furan rings is 2. The SMILES string of the molecule is CC(=CC(CC(C)=CCCc1ccoc1)OC(=O)CCCCCCCCCCCC(C)C)CC=Cc1ccoc1. The lowest BCUT2D eigenvalue weighted by Gasteiger charge is -2.16. The van der Waals surface area contributed by atoms with Crippen LogP contribution in [-0.2, 0) is 16.0 Å². The van der Waals surface area contributed by atoms with Crippen LogP contribution in [0.15, 0.2) is 75.4 Å². The fraction of sp³-hybridized carbons (Fsp3) is 0.583. The van der Waals surface area contributed by atoms with E-state index in [0.29, 0.717) is 6.42 Å². The van der Waals surface area contributed by atoms with Crippen LogP contribution in [0.5, 0.6) is 0 Å². The molecule has 0 aliphatic rings. The van der Waals surface area contributed by atoms with E-state index in [1.807, 2.05) is 12.1 Å². The highest BCUT2D eigenvalue weighted by Gasteiger charge is 2.13. The van der Waals surface area contributed by atoms with Crippen LogP contribution >= 0.6 is 0 Å². The van der Waals surface area contributed by atoms with E-state index in [0.717, 1.165) is 50.0 Å². The molecule has 222 valence electrons. The van der Waals surface area contributed by atoms with Crippen molar-refractivity contribution in [2.45, 2.75) is 130 Å². The number of rotatable bonds is 22. The summed E-state index contributed by atoms with van der Waals surface area (Å²) >= 11 is 0. The standard InChI is InChI=1S/C36H54O4/c1-30(2)16-12-10-8-6-5-7-9-11-13-21-36(37)40-35(26-31(3)17-14-19-33-22-24-38-28-33)27-32(4)18-15-20-34-23-25-39-29-34/h14,18-19,22-26,28-30,35H,5-13,15-17,20-21,27H2,1-4H3. The Balaban J connectivity index is 1.74. The van der Waals surface area contributed by atoms with Crippen molar-refractivity contribution < 1.29 is 18.4 Å². The predicted molar refractivity (Wildman–Crippen MR) is 167 cm³/mol. The van der Waals surface area contributed by atoms with Gasteiger partial charge in [-0.05, 0) is 69.2 Å². The molecular weight excluding hydrogens is 496 g/mol. The van der Waals surface area contributed by atoms with Crippen LogP contribution in [0, 0.1) is 5.92 Å². The van der Waals surface area contributed by atoms with Gasteiger partial charge in [0.25, 0.3) is 0 Å². The van der Waals surface area contributed by atoms with Gasteiger partial charge in [0.2, 0.25) is 0 Å². The van der Waals surface area contributed by atoms with Gasteiger partial charge in [-0.2, -0.15) is 0 Å². The molecule has 0 aliphatic heterocycles. The molecule has 1 unspecified atom stereocenters. The summed E-state index contributed by atoms with van der Waals surface area (Å²) in [5, 5.41) is 0. The van der Waals surface area contributed by atoms with Gasteiger partial charge < -0.3 is 13.6 Å². The Hall–Kier alpha value is -2.75. The quantitative estimate of drug-likeness (QED) is 0.0831. The molecule has 0 aromatic carbocycles. The van der Waals surface area contributed by atoms with Crippen LogP contribution in [0.25, 0.3) is 6.08 Å². The molecule has 2 rings (SSSR count). The van der Waals surface area contributed by atoms with E-state index in [1.165, 1.54) is 68.1 Å². The summed E-state index contributed by atoms with van der Waals surface area (Å²) < 4.78 is 16.3. The summed E-state index contributed by atoms with van der Waals surface area (Å²) in [5.74, 6) is 0.746. The number of carbonyl (C=O) groups is 1. The number of hydrogen-bond donors (Lipinski definition) is 0. The van der Waals surface area contributed by atoms with E-state index >= 15 is 0 Å². The summed E-state index contributed by atoms with van der Waals surface area (Å²) in [6.45, 7) is 8.84. The average molecular weight is 551 g/mol. The zero-order valence-electron chi connectivity index (χ0n) is 25.7. The van der Waals surface area contributed by atoms with Gasteiger partial charge >= 0.3 is 5.97 Å². The molecule has 2 heterocycles. The van der Waals surface area contributed by atoms with Crippen molar-refractivity contribution in [2.24, 2.45) is 5.92 Å². The number of ether oxygens (including phenoxy) is 1. The maximum Gasteiger partial charge on any atom is 0.306 e. The van der Waals surface area contributed by atoms with E-state index in [1.54, 1.807) is 25.1 Å². The van der Waals surface area contributed by atoms with Gasteiger partial charge in [-0.15, -0.1) is 0 Å². The smallest absolute Gasteiger partial charge is 0.306 e. The Labute approximate surface area is 244 Å². The van der Waals surface area contributed by atoms with Gasteiger partial charge in [0.1, 0.15) is 6.10 Å². The van der Waals surface area contributed by atoms with Gasteiger partial charge in [0.15, 0.2) is 0 Å². The molecule has 0 bridgehead atoms. The lowest BCUT2D eigenvalue weighted by atomic mass is 10.0. The van der Waals surface area contributed by atoms with Gasteiger partial charge in [-0.3, -0.25) is 4.79 Å². The second-order valence-corrected chi connectivity index (χ2v) is 11.7. The summed E-state index contributed by atoms with van der Waals surface area (Å²) in [4.78, 5) is 12.7. The molecule has 0 saturated carbocycles. The Bertz CT molecular complexity index is 976. The average Bonchev–Trinajstić information content (AvgIpc) is 3.62. The number of esters is 1. The molecule has 4 heteroatoms. The van der Waals surface area contributed by atoms with Crippen LogP contribution in [0.1, 0.15) is 129 Å². The molecule has 2 aromatic rings. The molecule has 0 radical (unpaired) electrons. The fourth-order valence-corrected chi connectivity index (χ4v) is 4.88. The lowest BCUT2D eigenvalue weighted by molar-refractivity contribution is -0.147. The summed E-state index contributed by atoms with van der Waals surface area (Å²) in [7, 11) is 0. The van der Waals surface area contributed by atoms with Crippen LogP contribution in [0.2, 0.25) is 0 Å². The van der Waals surface area contributed by atoms with E-state index in [-0.39, 0.29) is 12.1 Å². The van der Waals surface area contributed by atoms with Crippen LogP contribution in [0.4, 0.5) is 0 Å². The Morgan fingerprint density at radius 2 is 1.55 bits per heavy atom. The molecular formula is C36H54O4. The topological polar surface area (TPSA) is 52.6 Å². The Morgan fingerprint density at radius 3 is 2.20 bits per heavy atom. The minimum atomic E-state index is -0.240. The second-order valence-electron chi connectivity index (χ2n) is 11.7. The molecule has 0 spiro atoms. The monoisotopic (exact) mass is 550 g/mol. The number of unbranched alkanes of at least 4 members (excludes halogenated alkanes) is 8. The molecule has 40 heavy (non-hydrogen) atoms. The van der Waals surface area contributed by atoms with E-state index in [4.69, 9.17) is 13.6 Å². The van der Waals surface area contributed by atoms with E-state index in [9.17, 15) is 4.79 Å². The van der Waals surface area contributed by atoms with Crippen molar-refractivity contribution in [1.82, 2.24) is 0 Å². The van der Waals surface area contributed by atoms with Crippen molar-refractivity contribution in [3.63, 3.8) is 0 Å². The van der Waals surface area contributed by atoms with Gasteiger partial charge in [0, 0.05) is 18.4 Å².